The molecule has 0 aromatic rings. The van der Waals surface area contributed by atoms with Gasteiger partial charge in [-0.15, -0.1) is 0 Å². The Morgan fingerprint density at radius 2 is 1.15 bits per heavy atom. The molecule has 0 spiro atoms. The van der Waals surface area contributed by atoms with Crippen LogP contribution < -0.4 is 5.50 Å². The molecule has 0 atom stereocenters. The van der Waals surface area contributed by atoms with Gasteiger partial charge in [0, 0.05) is 0 Å². The zero-order valence-corrected chi connectivity index (χ0v) is 10.3. The number of rotatable bonds is 2. The van der Waals surface area contributed by atoms with Gasteiger partial charge in [-0.05, 0) is 0 Å². The van der Waals surface area contributed by atoms with Crippen LogP contribution >= 0.6 is 8.09 Å². The van der Waals surface area contributed by atoms with E-state index in [1.54, 1.807) is 0 Å². The fourth-order valence-corrected chi connectivity index (χ4v) is 2.69. The molecule has 13 heavy (non-hydrogen) atoms. The molecular formula is C8H22NO3P. The van der Waals surface area contributed by atoms with E-state index in [1.807, 2.05) is 41.5 Å². The molecule has 0 aliphatic heterocycles. The van der Waals surface area contributed by atoms with Crippen molar-refractivity contribution in [2.45, 2.75) is 52.7 Å². The minimum atomic E-state index is -3.47. The zero-order chi connectivity index (χ0) is 10.9. The van der Waals surface area contributed by atoms with Crippen LogP contribution in [-0.2, 0) is 9.05 Å². The van der Waals surface area contributed by atoms with Crippen molar-refractivity contribution >= 4 is 8.09 Å². The molecular weight excluding hydrogens is 189 g/mol. The standard InChI is InChI=1S/C8H22NO3P/c1-7(2,3)11-13(9,10)12-8(4,5)6/h10,13H,9H2,1-6H3. The Labute approximate surface area is 81.1 Å². The molecule has 0 saturated carbocycles. The van der Waals surface area contributed by atoms with E-state index in [4.69, 9.17) is 14.6 Å². The molecule has 0 radical (unpaired) electrons. The molecule has 0 fully saturated rings. The molecule has 0 rings (SSSR count). The van der Waals surface area contributed by atoms with Crippen molar-refractivity contribution in [2.24, 2.45) is 5.50 Å². The van der Waals surface area contributed by atoms with Crippen molar-refractivity contribution in [3.63, 3.8) is 0 Å². The maximum atomic E-state index is 9.66. The second-order valence-corrected chi connectivity index (χ2v) is 6.73. The number of hydrogen-bond acceptors (Lipinski definition) is 4. The molecule has 0 aromatic carbocycles. The molecule has 3 N–H and O–H groups in total. The van der Waals surface area contributed by atoms with Crippen molar-refractivity contribution in [3.05, 3.63) is 0 Å². The van der Waals surface area contributed by atoms with Crippen molar-refractivity contribution in [1.29, 1.82) is 0 Å². The molecule has 0 heterocycles. The summed E-state index contributed by atoms with van der Waals surface area (Å²) in [4.78, 5) is 9.66. The average Bonchev–Trinajstić information content (AvgIpc) is 1.43. The van der Waals surface area contributed by atoms with Gasteiger partial charge in [0.2, 0.25) is 0 Å². The fraction of sp³-hybridized carbons (Fsp3) is 1.00. The van der Waals surface area contributed by atoms with Crippen LogP contribution in [0.15, 0.2) is 0 Å². The predicted molar refractivity (Wildman–Crippen MR) is 56.4 cm³/mol. The van der Waals surface area contributed by atoms with Crippen LogP contribution in [0.5, 0.6) is 0 Å². The van der Waals surface area contributed by atoms with E-state index in [0.717, 1.165) is 0 Å². The third kappa shape index (κ3) is 8.60. The number of nitrogens with two attached hydrogens (primary N) is 1. The molecule has 82 valence electrons. The van der Waals surface area contributed by atoms with Crippen LogP contribution in [0.25, 0.3) is 0 Å². The molecule has 0 aliphatic rings. The zero-order valence-electron chi connectivity index (χ0n) is 9.34. The minimum absolute atomic E-state index is 0.485. The van der Waals surface area contributed by atoms with Crippen molar-refractivity contribution in [1.82, 2.24) is 0 Å². The van der Waals surface area contributed by atoms with E-state index >= 15 is 0 Å². The van der Waals surface area contributed by atoms with Crippen molar-refractivity contribution in [2.75, 3.05) is 0 Å². The third-order valence-corrected chi connectivity index (χ3v) is 2.71. The Kier molecular flexibility index (Phi) is 3.87. The van der Waals surface area contributed by atoms with Crippen LogP contribution in [0.1, 0.15) is 41.5 Å². The predicted octanol–water partition coefficient (Wildman–Crippen LogP) is 1.98. The summed E-state index contributed by atoms with van der Waals surface area (Å²) in [5.41, 5.74) is 4.57. The SMILES string of the molecule is CC(C)(C)O[PH](N)(O)OC(C)(C)C. The molecule has 0 unspecified atom stereocenters. The second kappa shape index (κ2) is 3.79. The molecule has 4 nitrogen and oxygen atoms in total. The Morgan fingerprint density at radius 3 is 1.31 bits per heavy atom. The summed E-state index contributed by atoms with van der Waals surface area (Å²) in [6, 6.07) is 0. The van der Waals surface area contributed by atoms with Gasteiger partial charge in [0.25, 0.3) is 0 Å². The summed E-state index contributed by atoms with van der Waals surface area (Å²) in [7, 11) is -3.47. The Bertz CT molecular complexity index is 151. The second-order valence-electron chi connectivity index (χ2n) is 5.06. The van der Waals surface area contributed by atoms with Crippen LogP contribution in [0.2, 0.25) is 0 Å². The molecule has 0 saturated heterocycles. The average molecular weight is 211 g/mol. The summed E-state index contributed by atoms with van der Waals surface area (Å²) >= 11 is 0. The van der Waals surface area contributed by atoms with Gasteiger partial charge < -0.3 is 0 Å². The number of hydrogen-bond donors (Lipinski definition) is 2. The first-order valence-corrected chi connectivity index (χ1v) is 6.17. The van der Waals surface area contributed by atoms with E-state index in [9.17, 15) is 4.89 Å². The van der Waals surface area contributed by atoms with Gasteiger partial charge in [-0.1, -0.05) is 0 Å². The maximum absolute atomic E-state index is 9.66. The summed E-state index contributed by atoms with van der Waals surface area (Å²) < 4.78 is 10.5. The van der Waals surface area contributed by atoms with E-state index in [0.29, 0.717) is 0 Å². The Balaban J connectivity index is 4.25. The topological polar surface area (TPSA) is 64.7 Å². The fourth-order valence-electron chi connectivity index (χ4n) is 0.898. The summed E-state index contributed by atoms with van der Waals surface area (Å²) in [5, 5.41) is 0. The summed E-state index contributed by atoms with van der Waals surface area (Å²) in [6.45, 7) is 10.9. The Hall–Kier alpha value is 0.270. The van der Waals surface area contributed by atoms with Crippen molar-refractivity contribution in [3.8, 4) is 0 Å². The normalized spacial score (nSPS) is 16.0. The first-order valence-electron chi connectivity index (χ1n) is 4.33. The first kappa shape index (κ1) is 13.3. The molecule has 0 aromatic heterocycles. The van der Waals surface area contributed by atoms with Crippen LogP contribution in [0, 0.1) is 0 Å². The summed E-state index contributed by atoms with van der Waals surface area (Å²) in [6.07, 6.45) is 0. The van der Waals surface area contributed by atoms with Crippen LogP contribution in [0.4, 0.5) is 0 Å². The van der Waals surface area contributed by atoms with E-state index < -0.39 is 19.3 Å². The Morgan fingerprint density at radius 1 is 0.923 bits per heavy atom. The van der Waals surface area contributed by atoms with Gasteiger partial charge in [-0.3, -0.25) is 0 Å². The quantitative estimate of drug-likeness (QED) is 0.685. The van der Waals surface area contributed by atoms with Crippen LogP contribution in [-0.4, -0.2) is 16.1 Å². The summed E-state index contributed by atoms with van der Waals surface area (Å²) in [5.74, 6) is 0. The molecule has 0 amide bonds. The van der Waals surface area contributed by atoms with E-state index in [2.05, 4.69) is 0 Å². The van der Waals surface area contributed by atoms with Gasteiger partial charge >= 0.3 is 80.3 Å². The van der Waals surface area contributed by atoms with Crippen molar-refractivity contribution < 1.29 is 13.9 Å². The van der Waals surface area contributed by atoms with Gasteiger partial charge in [0.1, 0.15) is 0 Å². The van der Waals surface area contributed by atoms with E-state index in [1.165, 1.54) is 0 Å². The van der Waals surface area contributed by atoms with Gasteiger partial charge in [-0.25, -0.2) is 0 Å². The monoisotopic (exact) mass is 211 g/mol. The molecule has 5 heteroatoms. The molecule has 0 aliphatic carbocycles. The van der Waals surface area contributed by atoms with Gasteiger partial charge in [0.15, 0.2) is 0 Å². The third-order valence-electron chi connectivity index (χ3n) is 0.905. The van der Waals surface area contributed by atoms with Gasteiger partial charge in [-0.2, -0.15) is 0 Å². The molecule has 0 bridgehead atoms. The van der Waals surface area contributed by atoms with Gasteiger partial charge in [0.05, 0.1) is 0 Å². The van der Waals surface area contributed by atoms with E-state index in [-0.39, 0.29) is 0 Å². The first-order chi connectivity index (χ1) is 5.41. The van der Waals surface area contributed by atoms with Crippen LogP contribution in [0.3, 0.4) is 0 Å².